The number of benzene rings is 1. The first-order valence-corrected chi connectivity index (χ1v) is 4.97. The van der Waals surface area contributed by atoms with Crippen LogP contribution in [-0.2, 0) is 16.0 Å². The van der Waals surface area contributed by atoms with Crippen molar-refractivity contribution < 1.29 is 19.4 Å². The van der Waals surface area contributed by atoms with Gasteiger partial charge >= 0.3 is 0 Å². The largest absolute Gasteiger partial charge is 0.497 e. The minimum atomic E-state index is -1.23. The minimum absolute atomic E-state index is 0.0958. The van der Waals surface area contributed by atoms with E-state index in [9.17, 15) is 14.7 Å². The number of hydrogen-bond donors (Lipinski definition) is 1. The highest BCUT2D eigenvalue weighted by molar-refractivity contribution is 5.59. The maximum absolute atomic E-state index is 10.7. The maximum atomic E-state index is 10.7. The van der Waals surface area contributed by atoms with Gasteiger partial charge in [0.25, 0.3) is 0 Å². The van der Waals surface area contributed by atoms with Crippen molar-refractivity contribution in [3.05, 3.63) is 41.5 Å². The molecule has 0 heterocycles. The average Bonchev–Trinajstić information content (AvgIpc) is 2.37. The van der Waals surface area contributed by atoms with Gasteiger partial charge in [0, 0.05) is 12.5 Å². The molecule has 0 aliphatic heterocycles. The molecule has 17 heavy (non-hydrogen) atoms. The van der Waals surface area contributed by atoms with Crippen LogP contribution in [0.4, 0.5) is 0 Å². The Hall–Kier alpha value is -2.12. The summed E-state index contributed by atoms with van der Waals surface area (Å²) in [7, 11) is 1.56. The van der Waals surface area contributed by atoms with Crippen molar-refractivity contribution in [2.75, 3.05) is 7.11 Å². The quantitative estimate of drug-likeness (QED) is 0.761. The fraction of sp³-hybridized carbons (Fsp3) is 0.231. The number of rotatable bonds is 5. The molecule has 0 aliphatic carbocycles. The molecule has 0 aliphatic rings. The lowest BCUT2D eigenvalue weighted by Gasteiger charge is -2.07. The fourth-order valence-corrected chi connectivity index (χ4v) is 1.33. The SMILES string of the molecule is COc1ccc(CC(=C=O)C(O)C=C=O)cc1. The van der Waals surface area contributed by atoms with Gasteiger partial charge in [-0.2, -0.15) is 0 Å². The van der Waals surface area contributed by atoms with Crippen molar-refractivity contribution in [1.29, 1.82) is 0 Å². The second-order valence-corrected chi connectivity index (χ2v) is 3.38. The fourth-order valence-electron chi connectivity index (χ4n) is 1.33. The van der Waals surface area contributed by atoms with E-state index in [-0.39, 0.29) is 12.0 Å². The summed E-state index contributed by atoms with van der Waals surface area (Å²) in [4.78, 5) is 20.7. The third kappa shape index (κ3) is 3.74. The summed E-state index contributed by atoms with van der Waals surface area (Å²) in [5.41, 5.74) is 0.918. The third-order valence-corrected chi connectivity index (χ3v) is 2.27. The molecule has 0 aromatic heterocycles. The lowest BCUT2D eigenvalue weighted by atomic mass is 10.0. The van der Waals surface area contributed by atoms with Gasteiger partial charge in [-0.05, 0) is 17.7 Å². The molecule has 0 saturated carbocycles. The lowest BCUT2D eigenvalue weighted by Crippen LogP contribution is -2.10. The third-order valence-electron chi connectivity index (χ3n) is 2.27. The second kappa shape index (κ2) is 6.46. The molecular formula is C13H12O4. The van der Waals surface area contributed by atoms with Crippen molar-refractivity contribution in [2.24, 2.45) is 0 Å². The summed E-state index contributed by atoms with van der Waals surface area (Å²) in [5.74, 6) is 3.79. The normalized spacial score (nSPS) is 10.9. The summed E-state index contributed by atoms with van der Waals surface area (Å²) >= 11 is 0. The zero-order valence-corrected chi connectivity index (χ0v) is 9.34. The molecule has 4 heteroatoms. The second-order valence-electron chi connectivity index (χ2n) is 3.38. The number of aliphatic hydroxyl groups excluding tert-OH is 1. The molecule has 0 radical (unpaired) electrons. The summed E-state index contributed by atoms with van der Waals surface area (Å²) in [5, 5.41) is 9.43. The Labute approximate surface area is 98.8 Å². The van der Waals surface area contributed by atoms with Gasteiger partial charge in [-0.3, -0.25) is 0 Å². The van der Waals surface area contributed by atoms with Gasteiger partial charge in [-0.25, -0.2) is 9.59 Å². The van der Waals surface area contributed by atoms with E-state index in [4.69, 9.17) is 4.74 Å². The van der Waals surface area contributed by atoms with Crippen LogP contribution in [0, 0.1) is 0 Å². The lowest BCUT2D eigenvalue weighted by molar-refractivity contribution is 0.258. The average molecular weight is 232 g/mol. The van der Waals surface area contributed by atoms with E-state index in [1.165, 1.54) is 5.94 Å². The van der Waals surface area contributed by atoms with Crippen LogP contribution < -0.4 is 4.74 Å². The van der Waals surface area contributed by atoms with Crippen LogP contribution >= 0.6 is 0 Å². The molecule has 88 valence electrons. The van der Waals surface area contributed by atoms with Gasteiger partial charge in [0.2, 0.25) is 0 Å². The first kappa shape index (κ1) is 12.9. The smallest absolute Gasteiger partial charge is 0.126 e. The predicted molar refractivity (Wildman–Crippen MR) is 62.2 cm³/mol. The molecule has 0 spiro atoms. The molecule has 0 saturated heterocycles. The zero-order chi connectivity index (χ0) is 12.7. The van der Waals surface area contributed by atoms with Crippen LogP contribution in [-0.4, -0.2) is 30.2 Å². The van der Waals surface area contributed by atoms with E-state index in [1.54, 1.807) is 37.3 Å². The predicted octanol–water partition coefficient (Wildman–Crippen LogP) is 0.744. The zero-order valence-electron chi connectivity index (χ0n) is 9.34. The Bertz CT molecular complexity index is 463. The van der Waals surface area contributed by atoms with Crippen LogP contribution in [0.3, 0.4) is 0 Å². The van der Waals surface area contributed by atoms with Gasteiger partial charge in [0.1, 0.15) is 23.7 Å². The van der Waals surface area contributed by atoms with Crippen molar-refractivity contribution in [3.8, 4) is 5.75 Å². The van der Waals surface area contributed by atoms with Crippen LogP contribution in [0.2, 0.25) is 0 Å². The molecule has 4 nitrogen and oxygen atoms in total. The monoisotopic (exact) mass is 232 g/mol. The highest BCUT2D eigenvalue weighted by Crippen LogP contribution is 2.15. The molecule has 1 aromatic carbocycles. The molecule has 0 bridgehead atoms. The number of methoxy groups -OCH3 is 1. The van der Waals surface area contributed by atoms with Crippen LogP contribution in [0.5, 0.6) is 5.75 Å². The molecule has 1 rings (SSSR count). The van der Waals surface area contributed by atoms with Gasteiger partial charge in [0.15, 0.2) is 0 Å². The van der Waals surface area contributed by atoms with E-state index in [0.29, 0.717) is 5.75 Å². The molecule has 0 amide bonds. The first-order chi connectivity index (χ1) is 8.21. The Morgan fingerprint density at radius 3 is 2.53 bits per heavy atom. The molecule has 1 N–H and O–H groups in total. The van der Waals surface area contributed by atoms with Crippen molar-refractivity contribution in [1.82, 2.24) is 0 Å². The number of aliphatic hydroxyl groups is 1. The highest BCUT2D eigenvalue weighted by Gasteiger charge is 2.10. The molecular weight excluding hydrogens is 220 g/mol. The Balaban J connectivity index is 2.81. The van der Waals surface area contributed by atoms with Gasteiger partial charge in [0.05, 0.1) is 12.7 Å². The van der Waals surface area contributed by atoms with Crippen LogP contribution in [0.15, 0.2) is 35.9 Å². The van der Waals surface area contributed by atoms with E-state index >= 15 is 0 Å². The molecule has 1 unspecified atom stereocenters. The van der Waals surface area contributed by atoms with E-state index < -0.39 is 6.10 Å². The highest BCUT2D eigenvalue weighted by atomic mass is 16.5. The Morgan fingerprint density at radius 2 is 2.06 bits per heavy atom. The van der Waals surface area contributed by atoms with Gasteiger partial charge in [-0.1, -0.05) is 12.1 Å². The standard InChI is InChI=1S/C13H12O4/c1-17-12-4-2-10(3-5-12)8-11(9-15)13(16)6-7-14/h2-6,13,16H,8H2,1H3. The summed E-state index contributed by atoms with van der Waals surface area (Å²) in [6.45, 7) is 0. The first-order valence-electron chi connectivity index (χ1n) is 4.97. The van der Waals surface area contributed by atoms with Crippen molar-refractivity contribution in [3.63, 3.8) is 0 Å². The van der Waals surface area contributed by atoms with Gasteiger partial charge in [-0.15, -0.1) is 0 Å². The maximum Gasteiger partial charge on any atom is 0.126 e. The summed E-state index contributed by atoms with van der Waals surface area (Å²) in [6, 6.07) is 7.04. The number of carbonyl (C=O) groups excluding carboxylic acids is 2. The summed E-state index contributed by atoms with van der Waals surface area (Å²) in [6.07, 6.45) is -0.122. The Morgan fingerprint density at radius 1 is 1.41 bits per heavy atom. The number of hydrogen-bond acceptors (Lipinski definition) is 4. The van der Waals surface area contributed by atoms with Crippen molar-refractivity contribution in [2.45, 2.75) is 12.5 Å². The summed E-state index contributed by atoms with van der Waals surface area (Å²) < 4.78 is 5.00. The minimum Gasteiger partial charge on any atom is -0.497 e. The van der Waals surface area contributed by atoms with Gasteiger partial charge < -0.3 is 9.84 Å². The molecule has 1 atom stereocenters. The number of ether oxygens (including phenoxy) is 1. The molecule has 1 aromatic rings. The van der Waals surface area contributed by atoms with E-state index in [1.807, 2.05) is 0 Å². The van der Waals surface area contributed by atoms with E-state index in [2.05, 4.69) is 0 Å². The van der Waals surface area contributed by atoms with Crippen LogP contribution in [0.1, 0.15) is 5.56 Å². The van der Waals surface area contributed by atoms with E-state index in [0.717, 1.165) is 11.6 Å². The Kier molecular flexibility index (Phi) is 4.92. The van der Waals surface area contributed by atoms with Crippen LogP contribution in [0.25, 0.3) is 0 Å². The molecule has 0 fully saturated rings. The van der Waals surface area contributed by atoms with Crippen molar-refractivity contribution >= 4 is 11.9 Å². The topological polar surface area (TPSA) is 63.6 Å².